The second-order valence-electron chi connectivity index (χ2n) is 6.23. The monoisotopic (exact) mass is 308 g/mol. The number of benzene rings is 2. The van der Waals surface area contributed by atoms with Crippen LogP contribution in [-0.2, 0) is 0 Å². The normalized spacial score (nSPS) is 11.7. The summed E-state index contributed by atoms with van der Waals surface area (Å²) in [5.41, 5.74) is 8.69. The fraction of sp³-hybridized carbons (Fsp3) is 0.300. The molecule has 23 heavy (non-hydrogen) atoms. The third-order valence-corrected chi connectivity index (χ3v) is 3.94. The molecular formula is C20H24N2O. The van der Waals surface area contributed by atoms with Crippen molar-refractivity contribution in [3.05, 3.63) is 70.3 Å². The van der Waals surface area contributed by atoms with E-state index in [1.807, 2.05) is 50.2 Å². The number of carbonyl (C=O) groups is 1. The van der Waals surface area contributed by atoms with Gasteiger partial charge in [0.05, 0.1) is 5.71 Å². The lowest BCUT2D eigenvalue weighted by molar-refractivity contribution is 0.0955. The first-order valence-electron chi connectivity index (χ1n) is 7.90. The van der Waals surface area contributed by atoms with Gasteiger partial charge in [-0.1, -0.05) is 49.7 Å². The van der Waals surface area contributed by atoms with Crippen LogP contribution in [0.5, 0.6) is 0 Å². The standard InChI is InChI=1S/C20H24N2O/c1-13(2)17-7-9-18(10-8-17)20(23)22-21-16(5)19-11-6-14(3)12-15(19)4/h6-13H,1-5H3,(H,22,23)/b21-16+. The van der Waals surface area contributed by atoms with Crippen LogP contribution < -0.4 is 5.43 Å². The second-order valence-corrected chi connectivity index (χ2v) is 6.23. The van der Waals surface area contributed by atoms with E-state index >= 15 is 0 Å². The van der Waals surface area contributed by atoms with Crippen molar-refractivity contribution in [1.82, 2.24) is 5.43 Å². The van der Waals surface area contributed by atoms with Gasteiger partial charge in [-0.15, -0.1) is 0 Å². The van der Waals surface area contributed by atoms with Crippen LogP contribution in [0.25, 0.3) is 0 Å². The Morgan fingerprint density at radius 1 is 1.04 bits per heavy atom. The predicted molar refractivity (Wildman–Crippen MR) is 96.1 cm³/mol. The van der Waals surface area contributed by atoms with Crippen molar-refractivity contribution in [3.8, 4) is 0 Å². The van der Waals surface area contributed by atoms with E-state index in [9.17, 15) is 4.79 Å². The number of hydrazone groups is 1. The van der Waals surface area contributed by atoms with Crippen LogP contribution in [-0.4, -0.2) is 11.6 Å². The lowest BCUT2D eigenvalue weighted by Crippen LogP contribution is -2.19. The quantitative estimate of drug-likeness (QED) is 0.652. The smallest absolute Gasteiger partial charge is 0.267 e. The van der Waals surface area contributed by atoms with E-state index < -0.39 is 0 Å². The van der Waals surface area contributed by atoms with E-state index in [2.05, 4.69) is 37.4 Å². The summed E-state index contributed by atoms with van der Waals surface area (Å²) in [6.45, 7) is 10.3. The summed E-state index contributed by atoms with van der Waals surface area (Å²) in [5, 5.41) is 4.24. The maximum Gasteiger partial charge on any atom is 0.271 e. The molecule has 2 rings (SSSR count). The van der Waals surface area contributed by atoms with Crippen LogP contribution in [0.15, 0.2) is 47.6 Å². The molecular weight excluding hydrogens is 284 g/mol. The Labute approximate surface area is 138 Å². The van der Waals surface area contributed by atoms with Gasteiger partial charge < -0.3 is 0 Å². The average molecular weight is 308 g/mol. The van der Waals surface area contributed by atoms with Crippen LogP contribution in [0.4, 0.5) is 0 Å². The zero-order valence-corrected chi connectivity index (χ0v) is 14.5. The second kappa shape index (κ2) is 7.23. The van der Waals surface area contributed by atoms with E-state index in [1.54, 1.807) is 0 Å². The molecule has 120 valence electrons. The molecule has 0 unspecified atom stereocenters. The van der Waals surface area contributed by atoms with Gasteiger partial charge in [-0.25, -0.2) is 5.43 Å². The Balaban J connectivity index is 2.10. The minimum absolute atomic E-state index is 0.190. The predicted octanol–water partition coefficient (Wildman–Crippen LogP) is 4.58. The SMILES string of the molecule is C/C(=N\NC(=O)c1ccc(C(C)C)cc1)c1ccc(C)cc1C. The van der Waals surface area contributed by atoms with Crippen molar-refractivity contribution in [2.75, 3.05) is 0 Å². The molecule has 0 fully saturated rings. The summed E-state index contributed by atoms with van der Waals surface area (Å²) < 4.78 is 0. The Morgan fingerprint density at radius 3 is 2.26 bits per heavy atom. The van der Waals surface area contributed by atoms with E-state index in [0.29, 0.717) is 11.5 Å². The van der Waals surface area contributed by atoms with Gasteiger partial charge in [-0.2, -0.15) is 5.10 Å². The molecule has 3 nitrogen and oxygen atoms in total. The number of amides is 1. The maximum atomic E-state index is 12.2. The number of aryl methyl sites for hydroxylation is 2. The molecule has 2 aromatic rings. The highest BCUT2D eigenvalue weighted by molar-refractivity contribution is 6.01. The van der Waals surface area contributed by atoms with Gasteiger partial charge >= 0.3 is 0 Å². The number of hydrogen-bond acceptors (Lipinski definition) is 2. The molecule has 0 atom stereocenters. The summed E-state index contributed by atoms with van der Waals surface area (Å²) in [6, 6.07) is 13.8. The van der Waals surface area contributed by atoms with Gasteiger partial charge in [0.2, 0.25) is 0 Å². The molecule has 0 spiro atoms. The molecule has 0 radical (unpaired) electrons. The number of nitrogens with zero attached hydrogens (tertiary/aromatic N) is 1. The number of hydrogen-bond donors (Lipinski definition) is 1. The summed E-state index contributed by atoms with van der Waals surface area (Å²) in [7, 11) is 0. The lowest BCUT2D eigenvalue weighted by Gasteiger charge is -2.08. The van der Waals surface area contributed by atoms with Crippen LogP contribution >= 0.6 is 0 Å². The molecule has 0 aliphatic carbocycles. The van der Waals surface area contributed by atoms with Crippen LogP contribution in [0.1, 0.15) is 59.3 Å². The van der Waals surface area contributed by atoms with Gasteiger partial charge in [0.1, 0.15) is 0 Å². The molecule has 0 aliphatic rings. The van der Waals surface area contributed by atoms with Gasteiger partial charge in [0, 0.05) is 11.1 Å². The van der Waals surface area contributed by atoms with E-state index in [1.165, 1.54) is 11.1 Å². The zero-order chi connectivity index (χ0) is 17.0. The van der Waals surface area contributed by atoms with Crippen LogP contribution in [0, 0.1) is 13.8 Å². The van der Waals surface area contributed by atoms with E-state index in [4.69, 9.17) is 0 Å². The summed E-state index contributed by atoms with van der Waals surface area (Å²) in [4.78, 5) is 12.2. The fourth-order valence-corrected chi connectivity index (χ4v) is 2.50. The van der Waals surface area contributed by atoms with Gasteiger partial charge in [0.15, 0.2) is 0 Å². The van der Waals surface area contributed by atoms with Gasteiger partial charge in [0.25, 0.3) is 5.91 Å². The van der Waals surface area contributed by atoms with E-state index in [-0.39, 0.29) is 5.91 Å². The Kier molecular flexibility index (Phi) is 5.32. The largest absolute Gasteiger partial charge is 0.271 e. The highest BCUT2D eigenvalue weighted by Crippen LogP contribution is 2.15. The number of carbonyl (C=O) groups excluding carboxylic acids is 1. The Hall–Kier alpha value is -2.42. The van der Waals surface area contributed by atoms with Crippen molar-refractivity contribution in [2.45, 2.75) is 40.5 Å². The lowest BCUT2D eigenvalue weighted by atomic mass is 10.0. The van der Waals surface area contributed by atoms with Crippen molar-refractivity contribution < 1.29 is 4.79 Å². The highest BCUT2D eigenvalue weighted by Gasteiger charge is 2.07. The summed E-state index contributed by atoms with van der Waals surface area (Å²) >= 11 is 0. The van der Waals surface area contributed by atoms with Crippen molar-refractivity contribution in [1.29, 1.82) is 0 Å². The Bertz CT molecular complexity index is 728. The van der Waals surface area contributed by atoms with Crippen LogP contribution in [0.3, 0.4) is 0 Å². The third-order valence-electron chi connectivity index (χ3n) is 3.94. The molecule has 0 bridgehead atoms. The summed E-state index contributed by atoms with van der Waals surface area (Å²) in [6.07, 6.45) is 0. The Morgan fingerprint density at radius 2 is 1.70 bits per heavy atom. The first-order chi connectivity index (χ1) is 10.9. The molecule has 2 aromatic carbocycles. The van der Waals surface area contributed by atoms with Crippen molar-refractivity contribution in [3.63, 3.8) is 0 Å². The van der Waals surface area contributed by atoms with E-state index in [0.717, 1.165) is 16.8 Å². The molecule has 1 amide bonds. The third kappa shape index (κ3) is 4.28. The van der Waals surface area contributed by atoms with Gasteiger partial charge in [-0.3, -0.25) is 4.79 Å². The first-order valence-corrected chi connectivity index (χ1v) is 7.90. The molecule has 0 heterocycles. The van der Waals surface area contributed by atoms with Crippen molar-refractivity contribution >= 4 is 11.6 Å². The molecule has 0 saturated carbocycles. The zero-order valence-electron chi connectivity index (χ0n) is 14.5. The molecule has 0 aliphatic heterocycles. The van der Waals surface area contributed by atoms with Crippen LogP contribution in [0.2, 0.25) is 0 Å². The number of nitrogens with one attached hydrogen (secondary N) is 1. The minimum Gasteiger partial charge on any atom is -0.267 e. The van der Waals surface area contributed by atoms with Gasteiger partial charge in [-0.05, 0) is 49.9 Å². The number of rotatable bonds is 4. The van der Waals surface area contributed by atoms with Crippen molar-refractivity contribution in [2.24, 2.45) is 5.10 Å². The average Bonchev–Trinajstić information content (AvgIpc) is 2.52. The molecule has 3 heteroatoms. The highest BCUT2D eigenvalue weighted by atomic mass is 16.2. The molecule has 1 N–H and O–H groups in total. The summed E-state index contributed by atoms with van der Waals surface area (Å²) in [5.74, 6) is 0.265. The first kappa shape index (κ1) is 16.9. The minimum atomic E-state index is -0.190. The molecule has 0 saturated heterocycles. The molecule has 0 aromatic heterocycles. The maximum absolute atomic E-state index is 12.2. The fourth-order valence-electron chi connectivity index (χ4n) is 2.50. The topological polar surface area (TPSA) is 41.5 Å².